The number of fused-ring (bicyclic) bond motifs is 1. The Labute approximate surface area is 164 Å². The predicted octanol–water partition coefficient (Wildman–Crippen LogP) is 3.35. The molecule has 0 aromatic carbocycles. The minimum atomic E-state index is -0.00585. The fourth-order valence-corrected chi connectivity index (χ4v) is 3.86. The molecule has 0 bridgehead atoms. The maximum Gasteiger partial charge on any atom is 0.250 e. The second-order valence-electron chi connectivity index (χ2n) is 7.60. The second-order valence-corrected chi connectivity index (χ2v) is 7.60. The van der Waals surface area contributed by atoms with Gasteiger partial charge < -0.3 is 15.2 Å². The monoisotopic (exact) mass is 380 g/mol. The molecular weight excluding hydrogens is 352 g/mol. The molecule has 3 heterocycles. The van der Waals surface area contributed by atoms with E-state index in [1.54, 1.807) is 17.7 Å². The van der Waals surface area contributed by atoms with E-state index in [1.807, 2.05) is 29.0 Å². The number of rotatable bonds is 6. The van der Waals surface area contributed by atoms with Crippen molar-refractivity contribution in [3.8, 4) is 0 Å². The Hall–Kier alpha value is -2.83. The first kappa shape index (κ1) is 18.5. The summed E-state index contributed by atoms with van der Waals surface area (Å²) in [5, 5.41) is 11.6. The van der Waals surface area contributed by atoms with E-state index < -0.39 is 0 Å². The minimum absolute atomic E-state index is 0.00585. The highest BCUT2D eigenvalue weighted by Gasteiger charge is 2.16. The molecule has 1 fully saturated rings. The van der Waals surface area contributed by atoms with Crippen molar-refractivity contribution in [1.29, 1.82) is 0 Å². The predicted molar refractivity (Wildman–Crippen MR) is 112 cm³/mol. The Bertz CT molecular complexity index is 1020. The third-order valence-electron chi connectivity index (χ3n) is 5.50. The standard InChI is InChI=1S/C21H28N6O/c1-3-16-13-23-27-19(22-12-15-9-10-20(28)26(2)14-15)11-18(25-21(16)27)24-17-7-5-4-6-8-17/h9-11,13-14,17,22H,3-8,12H2,1-2H3,(H,24,25). The lowest BCUT2D eigenvalue weighted by Gasteiger charge is -2.23. The average molecular weight is 380 g/mol. The molecule has 7 heteroatoms. The maximum atomic E-state index is 11.6. The van der Waals surface area contributed by atoms with Gasteiger partial charge in [-0.2, -0.15) is 9.61 Å². The third-order valence-corrected chi connectivity index (χ3v) is 5.50. The van der Waals surface area contributed by atoms with Gasteiger partial charge in [0.2, 0.25) is 5.56 Å². The van der Waals surface area contributed by atoms with E-state index in [1.165, 1.54) is 32.1 Å². The number of hydrogen-bond acceptors (Lipinski definition) is 5. The summed E-state index contributed by atoms with van der Waals surface area (Å²) in [7, 11) is 1.77. The lowest BCUT2D eigenvalue weighted by Crippen LogP contribution is -2.23. The third kappa shape index (κ3) is 3.88. The first-order valence-corrected chi connectivity index (χ1v) is 10.2. The Kier molecular flexibility index (Phi) is 5.32. The van der Waals surface area contributed by atoms with Crippen molar-refractivity contribution >= 4 is 17.3 Å². The number of pyridine rings is 1. The molecule has 4 rings (SSSR count). The largest absolute Gasteiger partial charge is 0.367 e. The fourth-order valence-electron chi connectivity index (χ4n) is 3.86. The van der Waals surface area contributed by atoms with E-state index in [9.17, 15) is 4.79 Å². The molecule has 0 atom stereocenters. The molecule has 0 saturated heterocycles. The Morgan fingerprint density at radius 1 is 1.21 bits per heavy atom. The second kappa shape index (κ2) is 8.04. The number of anilines is 2. The van der Waals surface area contributed by atoms with Gasteiger partial charge in [0, 0.05) is 43.5 Å². The van der Waals surface area contributed by atoms with Gasteiger partial charge >= 0.3 is 0 Å². The summed E-state index contributed by atoms with van der Waals surface area (Å²) in [4.78, 5) is 16.4. The van der Waals surface area contributed by atoms with Gasteiger partial charge in [-0.3, -0.25) is 4.79 Å². The zero-order valence-electron chi connectivity index (χ0n) is 16.6. The molecule has 0 spiro atoms. The maximum absolute atomic E-state index is 11.6. The Morgan fingerprint density at radius 3 is 2.79 bits per heavy atom. The quantitative estimate of drug-likeness (QED) is 0.686. The summed E-state index contributed by atoms with van der Waals surface area (Å²) >= 11 is 0. The molecule has 3 aromatic rings. The highest BCUT2D eigenvalue weighted by Crippen LogP contribution is 2.24. The highest BCUT2D eigenvalue weighted by molar-refractivity contribution is 5.60. The van der Waals surface area contributed by atoms with Crippen LogP contribution in [0.5, 0.6) is 0 Å². The van der Waals surface area contributed by atoms with E-state index in [4.69, 9.17) is 4.98 Å². The van der Waals surface area contributed by atoms with Crippen molar-refractivity contribution in [2.45, 2.75) is 58.0 Å². The van der Waals surface area contributed by atoms with Crippen LogP contribution in [-0.4, -0.2) is 25.2 Å². The molecule has 0 radical (unpaired) electrons. The highest BCUT2D eigenvalue weighted by atomic mass is 16.1. The van der Waals surface area contributed by atoms with E-state index in [2.05, 4.69) is 22.7 Å². The Balaban J connectivity index is 1.62. The van der Waals surface area contributed by atoms with Gasteiger partial charge in [0.05, 0.1) is 6.20 Å². The van der Waals surface area contributed by atoms with Crippen LogP contribution in [0.15, 0.2) is 35.4 Å². The number of aryl methyl sites for hydroxylation is 2. The summed E-state index contributed by atoms with van der Waals surface area (Å²) in [6.45, 7) is 2.73. The molecule has 1 saturated carbocycles. The molecule has 1 aliphatic carbocycles. The van der Waals surface area contributed by atoms with Crippen LogP contribution in [0.1, 0.15) is 50.2 Å². The fraction of sp³-hybridized carbons (Fsp3) is 0.476. The zero-order chi connectivity index (χ0) is 19.5. The average Bonchev–Trinajstić information content (AvgIpc) is 3.12. The number of nitrogens with zero attached hydrogens (tertiary/aromatic N) is 4. The summed E-state index contributed by atoms with van der Waals surface area (Å²) in [6, 6.07) is 5.98. The van der Waals surface area contributed by atoms with E-state index >= 15 is 0 Å². The van der Waals surface area contributed by atoms with Gasteiger partial charge in [0.25, 0.3) is 0 Å². The van der Waals surface area contributed by atoms with Crippen molar-refractivity contribution in [2.75, 3.05) is 10.6 Å². The van der Waals surface area contributed by atoms with Crippen LogP contribution >= 0.6 is 0 Å². The number of nitrogens with one attached hydrogen (secondary N) is 2. The summed E-state index contributed by atoms with van der Waals surface area (Å²) in [5.41, 5.74) is 3.06. The van der Waals surface area contributed by atoms with Gasteiger partial charge in [-0.1, -0.05) is 32.3 Å². The van der Waals surface area contributed by atoms with Gasteiger partial charge in [-0.15, -0.1) is 0 Å². The van der Waals surface area contributed by atoms with Gasteiger partial charge in [-0.05, 0) is 24.8 Å². The molecule has 28 heavy (non-hydrogen) atoms. The molecule has 148 valence electrons. The topological polar surface area (TPSA) is 76.2 Å². The summed E-state index contributed by atoms with van der Waals surface area (Å²) in [6.07, 6.45) is 10.9. The van der Waals surface area contributed by atoms with Crippen molar-refractivity contribution < 1.29 is 0 Å². The van der Waals surface area contributed by atoms with Crippen LogP contribution in [0, 0.1) is 0 Å². The molecule has 2 N–H and O–H groups in total. The minimum Gasteiger partial charge on any atom is -0.367 e. The van der Waals surface area contributed by atoms with Crippen molar-refractivity contribution in [3.63, 3.8) is 0 Å². The van der Waals surface area contributed by atoms with Crippen LogP contribution in [0.3, 0.4) is 0 Å². The van der Waals surface area contributed by atoms with Crippen LogP contribution in [0.2, 0.25) is 0 Å². The molecule has 0 unspecified atom stereocenters. The molecular formula is C21H28N6O. The smallest absolute Gasteiger partial charge is 0.250 e. The van der Waals surface area contributed by atoms with Crippen LogP contribution < -0.4 is 16.2 Å². The van der Waals surface area contributed by atoms with Gasteiger partial charge in [0.1, 0.15) is 11.6 Å². The lowest BCUT2D eigenvalue weighted by atomic mass is 9.95. The lowest BCUT2D eigenvalue weighted by molar-refractivity contribution is 0.462. The Morgan fingerprint density at radius 2 is 2.04 bits per heavy atom. The van der Waals surface area contributed by atoms with Crippen LogP contribution in [0.25, 0.3) is 5.65 Å². The first-order chi connectivity index (χ1) is 13.6. The first-order valence-electron chi connectivity index (χ1n) is 10.2. The van der Waals surface area contributed by atoms with Crippen LogP contribution in [-0.2, 0) is 20.0 Å². The summed E-state index contributed by atoms with van der Waals surface area (Å²) in [5.74, 6) is 1.80. The SMILES string of the molecule is CCc1cnn2c(NCc3ccc(=O)n(C)c3)cc(NC3CCCCC3)nc12. The molecule has 0 amide bonds. The van der Waals surface area contributed by atoms with Gasteiger partial charge in [0.15, 0.2) is 5.65 Å². The van der Waals surface area contributed by atoms with E-state index in [0.717, 1.165) is 34.8 Å². The summed E-state index contributed by atoms with van der Waals surface area (Å²) < 4.78 is 3.46. The molecule has 7 nitrogen and oxygen atoms in total. The normalized spacial score (nSPS) is 15.1. The van der Waals surface area contributed by atoms with Crippen molar-refractivity contribution in [2.24, 2.45) is 7.05 Å². The number of aromatic nitrogens is 4. The van der Waals surface area contributed by atoms with Crippen molar-refractivity contribution in [3.05, 3.63) is 52.1 Å². The van der Waals surface area contributed by atoms with Gasteiger partial charge in [-0.25, -0.2) is 4.98 Å². The zero-order valence-corrected chi connectivity index (χ0v) is 16.6. The number of hydrogen-bond donors (Lipinski definition) is 2. The van der Waals surface area contributed by atoms with E-state index in [-0.39, 0.29) is 5.56 Å². The molecule has 3 aromatic heterocycles. The van der Waals surface area contributed by atoms with E-state index in [0.29, 0.717) is 12.6 Å². The molecule has 0 aliphatic heterocycles. The van der Waals surface area contributed by atoms with Crippen LogP contribution in [0.4, 0.5) is 11.6 Å². The van der Waals surface area contributed by atoms with Crippen molar-refractivity contribution in [1.82, 2.24) is 19.2 Å². The molecule has 1 aliphatic rings.